The molecule has 1 heterocycles. The Kier molecular flexibility index (Phi) is 2.43. The molecule has 3 atom stereocenters. The average Bonchev–Trinajstić information content (AvgIpc) is 3.10. The zero-order valence-corrected chi connectivity index (χ0v) is 9.26. The van der Waals surface area contributed by atoms with Crippen LogP contribution in [0.4, 0.5) is 0 Å². The molecule has 2 fully saturated rings. The first kappa shape index (κ1) is 9.88. The first-order valence-electron chi connectivity index (χ1n) is 6.09. The SMILES string of the molecule is O=C1CCC[C@H]([C@H]2C[C@@H]2c2ccccc2)O1. The Morgan fingerprint density at radius 3 is 2.75 bits per heavy atom. The van der Waals surface area contributed by atoms with Gasteiger partial charge in [-0.3, -0.25) is 4.79 Å². The second-order valence-electron chi connectivity index (χ2n) is 4.84. The molecule has 1 aliphatic heterocycles. The van der Waals surface area contributed by atoms with Crippen molar-refractivity contribution in [1.29, 1.82) is 0 Å². The van der Waals surface area contributed by atoms with Gasteiger partial charge in [0.25, 0.3) is 0 Å². The molecule has 16 heavy (non-hydrogen) atoms. The summed E-state index contributed by atoms with van der Waals surface area (Å²) in [6.07, 6.45) is 4.04. The molecule has 2 heteroatoms. The van der Waals surface area contributed by atoms with E-state index in [1.807, 2.05) is 6.07 Å². The number of hydrogen-bond acceptors (Lipinski definition) is 2. The number of carbonyl (C=O) groups excluding carboxylic acids is 1. The van der Waals surface area contributed by atoms with Crippen LogP contribution in [0.25, 0.3) is 0 Å². The summed E-state index contributed by atoms with van der Waals surface area (Å²) in [6, 6.07) is 10.6. The van der Waals surface area contributed by atoms with Gasteiger partial charge in [0.15, 0.2) is 0 Å². The van der Waals surface area contributed by atoms with E-state index in [1.165, 1.54) is 12.0 Å². The van der Waals surface area contributed by atoms with Crippen molar-refractivity contribution in [3.8, 4) is 0 Å². The van der Waals surface area contributed by atoms with Gasteiger partial charge in [-0.25, -0.2) is 0 Å². The maximum atomic E-state index is 11.2. The van der Waals surface area contributed by atoms with Crippen molar-refractivity contribution < 1.29 is 9.53 Å². The molecule has 1 saturated carbocycles. The van der Waals surface area contributed by atoms with Crippen LogP contribution in [0.1, 0.15) is 37.2 Å². The van der Waals surface area contributed by atoms with E-state index in [1.54, 1.807) is 0 Å². The molecular formula is C14H16O2. The molecule has 0 N–H and O–H groups in total. The van der Waals surface area contributed by atoms with Gasteiger partial charge in [-0.2, -0.15) is 0 Å². The van der Waals surface area contributed by atoms with Crippen LogP contribution in [0, 0.1) is 5.92 Å². The Bertz CT molecular complexity index is 385. The molecular weight excluding hydrogens is 200 g/mol. The summed E-state index contributed by atoms with van der Waals surface area (Å²) in [6.45, 7) is 0. The summed E-state index contributed by atoms with van der Waals surface area (Å²) in [5.74, 6) is 1.19. The Labute approximate surface area is 95.6 Å². The lowest BCUT2D eigenvalue weighted by molar-refractivity contribution is -0.155. The first-order chi connectivity index (χ1) is 7.84. The first-order valence-corrected chi connectivity index (χ1v) is 6.09. The predicted octanol–water partition coefficient (Wildman–Crippen LogP) is 2.89. The minimum absolute atomic E-state index is 0.00467. The van der Waals surface area contributed by atoms with E-state index in [2.05, 4.69) is 24.3 Å². The Morgan fingerprint density at radius 2 is 2.00 bits per heavy atom. The van der Waals surface area contributed by atoms with Gasteiger partial charge in [0.2, 0.25) is 0 Å². The van der Waals surface area contributed by atoms with E-state index in [0.29, 0.717) is 18.3 Å². The van der Waals surface area contributed by atoms with Gasteiger partial charge < -0.3 is 4.74 Å². The largest absolute Gasteiger partial charge is 0.462 e. The van der Waals surface area contributed by atoms with Crippen LogP contribution < -0.4 is 0 Å². The van der Waals surface area contributed by atoms with Crippen molar-refractivity contribution in [3.05, 3.63) is 35.9 Å². The summed E-state index contributed by atoms with van der Waals surface area (Å²) < 4.78 is 5.42. The number of esters is 1. The molecule has 1 aliphatic carbocycles. The Hall–Kier alpha value is -1.31. The lowest BCUT2D eigenvalue weighted by Gasteiger charge is -2.22. The number of rotatable bonds is 2. The molecule has 1 aromatic rings. The Morgan fingerprint density at radius 1 is 1.19 bits per heavy atom. The fourth-order valence-electron chi connectivity index (χ4n) is 2.74. The number of ether oxygens (including phenoxy) is 1. The molecule has 0 bridgehead atoms. The van der Waals surface area contributed by atoms with Gasteiger partial charge in [0, 0.05) is 12.3 Å². The van der Waals surface area contributed by atoms with Crippen LogP contribution in [0.3, 0.4) is 0 Å². The lowest BCUT2D eigenvalue weighted by Crippen LogP contribution is -2.25. The highest BCUT2D eigenvalue weighted by Crippen LogP contribution is 2.51. The van der Waals surface area contributed by atoms with Gasteiger partial charge in [0.05, 0.1) is 0 Å². The van der Waals surface area contributed by atoms with Crippen LogP contribution in [0.2, 0.25) is 0 Å². The number of cyclic esters (lactones) is 1. The topological polar surface area (TPSA) is 26.3 Å². The third kappa shape index (κ3) is 1.84. The average molecular weight is 216 g/mol. The van der Waals surface area contributed by atoms with Crippen molar-refractivity contribution in [2.75, 3.05) is 0 Å². The molecule has 3 rings (SSSR count). The molecule has 0 amide bonds. The van der Waals surface area contributed by atoms with E-state index in [4.69, 9.17) is 4.74 Å². The summed E-state index contributed by atoms with van der Waals surface area (Å²) in [5, 5.41) is 0. The van der Waals surface area contributed by atoms with Crippen LogP contribution in [0.15, 0.2) is 30.3 Å². The Balaban J connectivity index is 1.65. The molecule has 0 unspecified atom stereocenters. The molecule has 0 spiro atoms. The van der Waals surface area contributed by atoms with E-state index in [9.17, 15) is 4.79 Å². The van der Waals surface area contributed by atoms with Crippen molar-refractivity contribution in [2.45, 2.75) is 37.7 Å². The quantitative estimate of drug-likeness (QED) is 0.710. The minimum atomic E-state index is -0.00467. The fourth-order valence-corrected chi connectivity index (χ4v) is 2.74. The van der Waals surface area contributed by atoms with Crippen molar-refractivity contribution in [1.82, 2.24) is 0 Å². The second kappa shape index (κ2) is 3.93. The third-order valence-electron chi connectivity index (χ3n) is 3.70. The van der Waals surface area contributed by atoms with Crippen LogP contribution in [0.5, 0.6) is 0 Å². The monoisotopic (exact) mass is 216 g/mol. The van der Waals surface area contributed by atoms with Crippen molar-refractivity contribution in [2.24, 2.45) is 5.92 Å². The van der Waals surface area contributed by atoms with Gasteiger partial charge in [-0.05, 0) is 30.7 Å². The zero-order valence-electron chi connectivity index (χ0n) is 9.26. The van der Waals surface area contributed by atoms with Crippen LogP contribution in [-0.2, 0) is 9.53 Å². The van der Waals surface area contributed by atoms with E-state index in [-0.39, 0.29) is 12.1 Å². The van der Waals surface area contributed by atoms with Crippen LogP contribution >= 0.6 is 0 Å². The summed E-state index contributed by atoms with van der Waals surface area (Å²) in [5.41, 5.74) is 1.40. The lowest BCUT2D eigenvalue weighted by atomic mass is 10.0. The highest BCUT2D eigenvalue weighted by molar-refractivity contribution is 5.70. The van der Waals surface area contributed by atoms with Crippen molar-refractivity contribution in [3.63, 3.8) is 0 Å². The summed E-state index contributed by atoms with van der Waals surface area (Å²) in [4.78, 5) is 11.2. The van der Waals surface area contributed by atoms with E-state index in [0.717, 1.165) is 12.8 Å². The molecule has 2 nitrogen and oxygen atoms in total. The highest BCUT2D eigenvalue weighted by Gasteiger charge is 2.46. The van der Waals surface area contributed by atoms with E-state index < -0.39 is 0 Å². The van der Waals surface area contributed by atoms with Crippen LogP contribution in [-0.4, -0.2) is 12.1 Å². The summed E-state index contributed by atoms with van der Waals surface area (Å²) in [7, 11) is 0. The third-order valence-corrected chi connectivity index (χ3v) is 3.70. The maximum Gasteiger partial charge on any atom is 0.306 e. The molecule has 1 saturated heterocycles. The fraction of sp³-hybridized carbons (Fsp3) is 0.500. The molecule has 2 aliphatic rings. The molecule has 1 aromatic carbocycles. The standard InChI is InChI=1S/C14H16O2/c15-14-8-4-7-13(16-14)12-9-11(12)10-5-2-1-3-6-10/h1-3,5-6,11-13H,4,7-9H2/t11-,12+,13-/m1/s1. The summed E-state index contributed by atoms with van der Waals surface area (Å²) >= 11 is 0. The molecule has 84 valence electrons. The smallest absolute Gasteiger partial charge is 0.306 e. The van der Waals surface area contributed by atoms with Gasteiger partial charge in [0.1, 0.15) is 6.10 Å². The van der Waals surface area contributed by atoms with Gasteiger partial charge in [-0.15, -0.1) is 0 Å². The zero-order chi connectivity index (χ0) is 11.0. The van der Waals surface area contributed by atoms with Gasteiger partial charge in [-0.1, -0.05) is 30.3 Å². The number of hydrogen-bond donors (Lipinski definition) is 0. The minimum Gasteiger partial charge on any atom is -0.462 e. The number of carbonyl (C=O) groups is 1. The predicted molar refractivity (Wildman–Crippen MR) is 61.0 cm³/mol. The second-order valence-corrected chi connectivity index (χ2v) is 4.84. The number of benzene rings is 1. The molecule has 0 radical (unpaired) electrons. The normalized spacial score (nSPS) is 33.2. The van der Waals surface area contributed by atoms with Crippen molar-refractivity contribution >= 4 is 5.97 Å². The molecule has 0 aromatic heterocycles. The van der Waals surface area contributed by atoms with E-state index >= 15 is 0 Å². The highest BCUT2D eigenvalue weighted by atomic mass is 16.5. The van der Waals surface area contributed by atoms with Gasteiger partial charge >= 0.3 is 5.97 Å². The maximum absolute atomic E-state index is 11.2.